The van der Waals surface area contributed by atoms with Gasteiger partial charge in [0.05, 0.1) is 12.3 Å². The molecule has 3 aromatic rings. The lowest BCUT2D eigenvalue weighted by Gasteiger charge is -2.37. The van der Waals surface area contributed by atoms with E-state index in [1.807, 2.05) is 59.1 Å². The Bertz CT molecular complexity index is 932. The van der Waals surface area contributed by atoms with Crippen LogP contribution in [-0.2, 0) is 11.2 Å². The summed E-state index contributed by atoms with van der Waals surface area (Å²) >= 11 is 1.83. The van der Waals surface area contributed by atoms with Gasteiger partial charge in [0.25, 0.3) is 0 Å². The third kappa shape index (κ3) is 4.28. The molecule has 1 aromatic heterocycles. The summed E-state index contributed by atoms with van der Waals surface area (Å²) in [6.45, 7) is 5.62. The van der Waals surface area contributed by atoms with E-state index in [0.717, 1.165) is 11.1 Å². The summed E-state index contributed by atoms with van der Waals surface area (Å²) in [6.07, 6.45) is 0.429. The van der Waals surface area contributed by atoms with Gasteiger partial charge >= 0.3 is 0 Å². The topological polar surface area (TPSA) is 59.2 Å². The van der Waals surface area contributed by atoms with E-state index in [9.17, 15) is 4.79 Å². The maximum Gasteiger partial charge on any atom is 0.233 e. The number of hydrogen-bond donors (Lipinski definition) is 0. The maximum atomic E-state index is 12.5. The van der Waals surface area contributed by atoms with Gasteiger partial charge in [-0.05, 0) is 17.7 Å². The zero-order chi connectivity index (χ0) is 19.5. The molecular weight excluding hydrogens is 370 g/mol. The van der Waals surface area contributed by atoms with Crippen LogP contribution in [-0.4, -0.2) is 39.3 Å². The van der Waals surface area contributed by atoms with Crippen molar-refractivity contribution in [2.24, 2.45) is 0 Å². The molecule has 1 aliphatic heterocycles. The molecule has 4 rings (SSSR count). The summed E-state index contributed by atoms with van der Waals surface area (Å²) in [6, 6.07) is 18.0. The molecule has 0 radical (unpaired) electrons. The van der Waals surface area contributed by atoms with Crippen molar-refractivity contribution >= 4 is 17.7 Å². The molecule has 6 heteroatoms. The van der Waals surface area contributed by atoms with Crippen molar-refractivity contribution in [1.82, 2.24) is 15.0 Å². The minimum Gasteiger partial charge on any atom is -0.341 e. The van der Waals surface area contributed by atoms with Crippen LogP contribution in [0.1, 0.15) is 31.2 Å². The van der Waals surface area contributed by atoms with Gasteiger partial charge in [-0.15, -0.1) is 11.8 Å². The van der Waals surface area contributed by atoms with E-state index in [0.29, 0.717) is 36.5 Å². The van der Waals surface area contributed by atoms with Crippen LogP contribution in [0.5, 0.6) is 0 Å². The van der Waals surface area contributed by atoms with Crippen molar-refractivity contribution in [2.75, 3.05) is 13.1 Å². The van der Waals surface area contributed by atoms with Crippen LogP contribution in [0.3, 0.4) is 0 Å². The summed E-state index contributed by atoms with van der Waals surface area (Å²) in [7, 11) is 0. The normalized spacial score (nSPS) is 14.3. The van der Waals surface area contributed by atoms with E-state index >= 15 is 0 Å². The number of likely N-dealkylation sites (tertiary alicyclic amines) is 1. The second-order valence-corrected chi connectivity index (χ2v) is 8.96. The molecular formula is C22H23N3O2S. The number of carbonyl (C=O) groups is 1. The van der Waals surface area contributed by atoms with E-state index < -0.39 is 0 Å². The number of carbonyl (C=O) groups excluding carboxylic acids is 1. The Kier molecular flexibility index (Phi) is 5.48. The highest BCUT2D eigenvalue weighted by Crippen LogP contribution is 2.28. The van der Waals surface area contributed by atoms with Gasteiger partial charge in [0.1, 0.15) is 0 Å². The molecule has 1 aliphatic rings. The molecule has 0 aliphatic carbocycles. The zero-order valence-electron chi connectivity index (χ0n) is 16.0. The fourth-order valence-corrected chi connectivity index (χ4v) is 4.03. The van der Waals surface area contributed by atoms with E-state index in [4.69, 9.17) is 4.52 Å². The summed E-state index contributed by atoms with van der Waals surface area (Å²) in [4.78, 5) is 20.1. The summed E-state index contributed by atoms with van der Waals surface area (Å²) < 4.78 is 5.41. The summed E-state index contributed by atoms with van der Waals surface area (Å²) in [5, 5.41) is 4.62. The van der Waals surface area contributed by atoms with Crippen molar-refractivity contribution in [3.63, 3.8) is 0 Å². The lowest BCUT2D eigenvalue weighted by Crippen LogP contribution is -2.49. The Balaban J connectivity index is 1.30. The molecule has 0 spiro atoms. The first-order valence-corrected chi connectivity index (χ1v) is 10.4. The van der Waals surface area contributed by atoms with Gasteiger partial charge in [-0.2, -0.15) is 4.98 Å². The van der Waals surface area contributed by atoms with Crippen LogP contribution in [0.2, 0.25) is 0 Å². The van der Waals surface area contributed by atoms with E-state index in [1.165, 1.54) is 4.90 Å². The Hall–Kier alpha value is -2.60. The molecule has 0 atom stereocenters. The quantitative estimate of drug-likeness (QED) is 0.581. The van der Waals surface area contributed by atoms with Crippen molar-refractivity contribution in [1.29, 1.82) is 0 Å². The van der Waals surface area contributed by atoms with Gasteiger partial charge in [-0.1, -0.05) is 61.5 Å². The number of thioether (sulfide) groups is 1. The number of benzene rings is 2. The van der Waals surface area contributed by atoms with Gasteiger partial charge in [-0.25, -0.2) is 0 Å². The summed E-state index contributed by atoms with van der Waals surface area (Å²) in [5.74, 6) is 1.47. The molecule has 0 N–H and O–H groups in total. The predicted molar refractivity (Wildman–Crippen MR) is 110 cm³/mol. The highest BCUT2D eigenvalue weighted by Gasteiger charge is 2.35. The second kappa shape index (κ2) is 8.19. The molecule has 0 unspecified atom stereocenters. The van der Waals surface area contributed by atoms with Gasteiger partial charge in [0.15, 0.2) is 0 Å². The van der Waals surface area contributed by atoms with Crippen LogP contribution < -0.4 is 0 Å². The largest absolute Gasteiger partial charge is 0.341 e. The lowest BCUT2D eigenvalue weighted by atomic mass is 9.99. The van der Waals surface area contributed by atoms with Crippen molar-refractivity contribution in [2.45, 2.75) is 36.3 Å². The van der Waals surface area contributed by atoms with Crippen molar-refractivity contribution in [3.8, 4) is 11.4 Å². The molecule has 1 amide bonds. The standard InChI is InChI=1S/C22H23N3O2S/c1-15(2)28-19-10-8-16(9-11-19)12-20(26)25-13-18(14-25)22-23-21(24-27-22)17-6-4-3-5-7-17/h3-11,15,18H,12-14H2,1-2H3. The Labute approximate surface area is 169 Å². The first kappa shape index (κ1) is 18.7. The maximum absolute atomic E-state index is 12.5. The average molecular weight is 394 g/mol. The Morgan fingerprint density at radius 3 is 2.54 bits per heavy atom. The van der Waals surface area contributed by atoms with Crippen LogP contribution in [0.25, 0.3) is 11.4 Å². The molecule has 5 nitrogen and oxygen atoms in total. The van der Waals surface area contributed by atoms with E-state index in [-0.39, 0.29) is 11.8 Å². The predicted octanol–water partition coefficient (Wildman–Crippen LogP) is 4.41. The van der Waals surface area contributed by atoms with Crippen molar-refractivity contribution in [3.05, 3.63) is 66.1 Å². The van der Waals surface area contributed by atoms with Gasteiger partial charge < -0.3 is 9.42 Å². The molecule has 0 saturated carbocycles. The summed E-state index contributed by atoms with van der Waals surface area (Å²) in [5.41, 5.74) is 1.98. The number of rotatable bonds is 6. The molecule has 28 heavy (non-hydrogen) atoms. The second-order valence-electron chi connectivity index (χ2n) is 7.31. The molecule has 144 valence electrons. The van der Waals surface area contributed by atoms with Crippen LogP contribution >= 0.6 is 11.8 Å². The molecule has 2 heterocycles. The highest BCUT2D eigenvalue weighted by atomic mass is 32.2. The molecule has 2 aromatic carbocycles. The van der Waals surface area contributed by atoms with Crippen molar-refractivity contribution < 1.29 is 9.32 Å². The molecule has 0 bridgehead atoms. The molecule has 1 fully saturated rings. The van der Waals surface area contributed by atoms with Gasteiger partial charge in [0, 0.05) is 28.8 Å². The minimum atomic E-state index is 0.124. The SMILES string of the molecule is CC(C)Sc1ccc(CC(=O)N2CC(c3nc(-c4ccccc4)no3)C2)cc1. The third-order valence-electron chi connectivity index (χ3n) is 4.71. The number of amides is 1. The van der Waals surface area contributed by atoms with Crippen LogP contribution in [0, 0.1) is 0 Å². The first-order valence-electron chi connectivity index (χ1n) is 9.51. The lowest BCUT2D eigenvalue weighted by molar-refractivity contribution is -0.135. The van der Waals surface area contributed by atoms with Gasteiger partial charge in [0.2, 0.25) is 17.6 Å². The zero-order valence-corrected chi connectivity index (χ0v) is 16.9. The third-order valence-corrected chi connectivity index (χ3v) is 5.72. The Morgan fingerprint density at radius 2 is 1.86 bits per heavy atom. The van der Waals surface area contributed by atoms with Crippen LogP contribution in [0.15, 0.2) is 64.0 Å². The smallest absolute Gasteiger partial charge is 0.233 e. The fourth-order valence-electron chi connectivity index (χ4n) is 3.19. The number of aromatic nitrogens is 2. The first-order chi connectivity index (χ1) is 13.6. The minimum absolute atomic E-state index is 0.124. The van der Waals surface area contributed by atoms with E-state index in [1.54, 1.807) is 0 Å². The number of nitrogens with zero attached hydrogens (tertiary/aromatic N) is 3. The monoisotopic (exact) mass is 393 g/mol. The Morgan fingerprint density at radius 1 is 1.14 bits per heavy atom. The highest BCUT2D eigenvalue weighted by molar-refractivity contribution is 7.99. The molecule has 1 saturated heterocycles. The van der Waals surface area contributed by atoms with E-state index in [2.05, 4.69) is 36.1 Å². The van der Waals surface area contributed by atoms with Gasteiger partial charge in [-0.3, -0.25) is 4.79 Å². The van der Waals surface area contributed by atoms with Crippen LogP contribution in [0.4, 0.5) is 0 Å². The average Bonchev–Trinajstić information content (AvgIpc) is 3.12. The number of hydrogen-bond acceptors (Lipinski definition) is 5. The fraction of sp³-hybridized carbons (Fsp3) is 0.318.